The number of carbonyl (C=O) groups is 1. The molecule has 7 heteroatoms. The van der Waals surface area contributed by atoms with Crippen LogP contribution in [0.2, 0.25) is 0 Å². The van der Waals surface area contributed by atoms with Crippen LogP contribution in [0.15, 0.2) is 48.8 Å². The molecular formula is C31H40N4O3. The Balaban J connectivity index is 1.53. The third-order valence-corrected chi connectivity index (χ3v) is 8.09. The number of fused-ring (bicyclic) bond motifs is 1. The van der Waals surface area contributed by atoms with E-state index in [1.54, 1.807) is 14.2 Å². The van der Waals surface area contributed by atoms with Gasteiger partial charge in [0.05, 0.1) is 31.2 Å². The first-order valence-corrected chi connectivity index (χ1v) is 13.8. The van der Waals surface area contributed by atoms with E-state index in [-0.39, 0.29) is 5.91 Å². The zero-order valence-electron chi connectivity index (χ0n) is 23.2. The lowest BCUT2D eigenvalue weighted by atomic mass is 9.85. The molecule has 1 saturated carbocycles. The maximum Gasteiger partial charge on any atom is 0.257 e. The van der Waals surface area contributed by atoms with E-state index < -0.39 is 0 Å². The normalized spacial score (nSPS) is 17.8. The Morgan fingerprint density at radius 1 is 1.08 bits per heavy atom. The highest BCUT2D eigenvalue weighted by Crippen LogP contribution is 2.45. The van der Waals surface area contributed by atoms with Crippen LogP contribution in [0.25, 0.3) is 11.3 Å². The molecule has 1 aromatic heterocycles. The fourth-order valence-corrected chi connectivity index (χ4v) is 5.70. The molecule has 1 amide bonds. The summed E-state index contributed by atoms with van der Waals surface area (Å²) in [7, 11) is 3.30. The largest absolute Gasteiger partial charge is 0.496 e. The van der Waals surface area contributed by atoms with Gasteiger partial charge in [0.1, 0.15) is 11.5 Å². The predicted molar refractivity (Wildman–Crippen MR) is 152 cm³/mol. The molecule has 1 aliphatic carbocycles. The Bertz CT molecular complexity index is 1260. The standard InChI is InChI=1S/C31H40N4O3/c1-6-7-13-35-20-26(23-11-12-32-29(23)30(35)22-9-8-10-22)24-18-28(38-5)25(19-27(24)37-4)31(36)34-16-14-33(15-17-34)21(2)3/h6,11-12,18-21,32H,1,7-10,13-17H2,2-5H3. The lowest BCUT2D eigenvalue weighted by molar-refractivity contribution is 0.0592. The van der Waals surface area contributed by atoms with Crippen LogP contribution in [0.3, 0.4) is 0 Å². The summed E-state index contributed by atoms with van der Waals surface area (Å²) in [6.45, 7) is 12.4. The quantitative estimate of drug-likeness (QED) is 0.478. The average molecular weight is 517 g/mol. The number of allylic oxidation sites excluding steroid dienone is 1. The molecule has 3 aliphatic rings. The topological polar surface area (TPSA) is 61.0 Å². The second-order valence-electron chi connectivity index (χ2n) is 10.6. The van der Waals surface area contributed by atoms with Crippen molar-refractivity contribution < 1.29 is 14.3 Å². The minimum Gasteiger partial charge on any atom is -0.496 e. The number of nitrogens with zero attached hydrogens (tertiary/aromatic N) is 3. The minimum absolute atomic E-state index is 0.0142. The summed E-state index contributed by atoms with van der Waals surface area (Å²) in [4.78, 5) is 23.8. The van der Waals surface area contributed by atoms with Gasteiger partial charge in [-0.05, 0) is 63.3 Å². The van der Waals surface area contributed by atoms with E-state index in [1.165, 1.54) is 17.7 Å². The maximum absolute atomic E-state index is 13.6. The molecule has 3 heterocycles. The van der Waals surface area contributed by atoms with Crippen LogP contribution in [0.4, 0.5) is 0 Å². The van der Waals surface area contributed by atoms with Gasteiger partial charge < -0.3 is 24.3 Å². The summed E-state index contributed by atoms with van der Waals surface area (Å²) >= 11 is 0. The summed E-state index contributed by atoms with van der Waals surface area (Å²) in [5.74, 6) is 1.22. The SMILES string of the molecule is C=CCCN1C=C(c2cc(OC)c(C(=O)N3CCN(C(C)C)CC3)cc2OC)c2cc[nH]c2C1=C1CCC1. The first-order chi connectivity index (χ1) is 18.5. The fraction of sp³-hybridized carbons (Fsp3) is 0.452. The number of hydrogen-bond acceptors (Lipinski definition) is 5. The smallest absolute Gasteiger partial charge is 0.257 e. The molecule has 202 valence electrons. The number of H-pyrrole nitrogens is 1. The number of methoxy groups -OCH3 is 2. The van der Waals surface area contributed by atoms with Gasteiger partial charge in [-0.2, -0.15) is 0 Å². The molecule has 1 aromatic carbocycles. The van der Waals surface area contributed by atoms with E-state index in [1.807, 2.05) is 29.3 Å². The second-order valence-corrected chi connectivity index (χ2v) is 10.6. The van der Waals surface area contributed by atoms with E-state index in [9.17, 15) is 4.79 Å². The Kier molecular flexibility index (Phi) is 7.65. The summed E-state index contributed by atoms with van der Waals surface area (Å²) in [5, 5.41) is 0. The van der Waals surface area contributed by atoms with Crippen molar-refractivity contribution in [2.45, 2.75) is 45.6 Å². The highest BCUT2D eigenvalue weighted by molar-refractivity contribution is 6.00. The molecule has 1 saturated heterocycles. The first-order valence-electron chi connectivity index (χ1n) is 13.8. The van der Waals surface area contributed by atoms with Crippen molar-refractivity contribution in [3.05, 3.63) is 71.2 Å². The van der Waals surface area contributed by atoms with Crippen LogP contribution in [-0.4, -0.2) is 78.6 Å². The third-order valence-electron chi connectivity index (χ3n) is 8.09. The Morgan fingerprint density at radius 2 is 1.82 bits per heavy atom. The van der Waals surface area contributed by atoms with Crippen LogP contribution in [-0.2, 0) is 0 Å². The number of piperazine rings is 1. The number of aromatic nitrogens is 1. The van der Waals surface area contributed by atoms with Gasteiger partial charge in [0.2, 0.25) is 0 Å². The molecule has 0 spiro atoms. The van der Waals surface area contributed by atoms with Crippen molar-refractivity contribution in [1.82, 2.24) is 19.7 Å². The summed E-state index contributed by atoms with van der Waals surface area (Å²) in [5.41, 5.74) is 7.57. The van der Waals surface area contributed by atoms with Crippen LogP contribution in [0.5, 0.6) is 11.5 Å². The molecule has 2 aliphatic heterocycles. The molecule has 0 radical (unpaired) electrons. The maximum atomic E-state index is 13.6. The number of rotatable bonds is 8. The molecule has 0 bridgehead atoms. The van der Waals surface area contributed by atoms with Crippen molar-refractivity contribution in [3.63, 3.8) is 0 Å². The molecule has 2 aromatic rings. The van der Waals surface area contributed by atoms with Crippen molar-refractivity contribution in [2.75, 3.05) is 46.9 Å². The Labute approximate surface area is 226 Å². The zero-order valence-corrected chi connectivity index (χ0v) is 23.2. The van der Waals surface area contributed by atoms with Crippen molar-refractivity contribution in [3.8, 4) is 11.5 Å². The number of benzene rings is 1. The van der Waals surface area contributed by atoms with E-state index in [4.69, 9.17) is 9.47 Å². The molecule has 7 nitrogen and oxygen atoms in total. The fourth-order valence-electron chi connectivity index (χ4n) is 5.70. The highest BCUT2D eigenvalue weighted by Gasteiger charge is 2.31. The lowest BCUT2D eigenvalue weighted by Crippen LogP contribution is -2.50. The zero-order chi connectivity index (χ0) is 26.8. The molecule has 5 rings (SSSR count). The monoisotopic (exact) mass is 516 g/mol. The van der Waals surface area contributed by atoms with Crippen molar-refractivity contribution in [2.24, 2.45) is 0 Å². The molecule has 2 fully saturated rings. The van der Waals surface area contributed by atoms with E-state index in [0.717, 1.165) is 61.3 Å². The third kappa shape index (κ3) is 4.75. The van der Waals surface area contributed by atoms with E-state index in [2.05, 4.69) is 47.5 Å². The van der Waals surface area contributed by atoms with Gasteiger partial charge in [0.25, 0.3) is 5.91 Å². The molecule has 0 unspecified atom stereocenters. The summed E-state index contributed by atoms with van der Waals surface area (Å²) < 4.78 is 11.7. The summed E-state index contributed by atoms with van der Waals surface area (Å²) in [6, 6.07) is 6.43. The van der Waals surface area contributed by atoms with Gasteiger partial charge in [-0.3, -0.25) is 9.69 Å². The van der Waals surface area contributed by atoms with Crippen molar-refractivity contribution in [1.29, 1.82) is 0 Å². The number of ether oxygens (including phenoxy) is 2. The van der Waals surface area contributed by atoms with Crippen LogP contribution >= 0.6 is 0 Å². The summed E-state index contributed by atoms with van der Waals surface area (Å²) in [6.07, 6.45) is 10.6. The van der Waals surface area contributed by atoms with Gasteiger partial charge in [0, 0.05) is 67.9 Å². The average Bonchev–Trinajstić information content (AvgIpc) is 3.40. The molecular weight excluding hydrogens is 476 g/mol. The number of nitrogens with one attached hydrogen (secondary N) is 1. The van der Waals surface area contributed by atoms with Crippen LogP contribution in [0.1, 0.15) is 66.7 Å². The second kappa shape index (κ2) is 11.1. The Morgan fingerprint density at radius 3 is 2.42 bits per heavy atom. The molecule has 0 atom stereocenters. The van der Waals surface area contributed by atoms with E-state index in [0.29, 0.717) is 36.2 Å². The van der Waals surface area contributed by atoms with Crippen LogP contribution in [0, 0.1) is 0 Å². The molecule has 38 heavy (non-hydrogen) atoms. The number of aromatic amines is 1. The highest BCUT2D eigenvalue weighted by atomic mass is 16.5. The molecule has 1 N–H and O–H groups in total. The first kappa shape index (κ1) is 26.2. The Hall–Kier alpha value is -3.45. The van der Waals surface area contributed by atoms with Crippen LogP contribution < -0.4 is 9.47 Å². The van der Waals surface area contributed by atoms with Gasteiger partial charge >= 0.3 is 0 Å². The van der Waals surface area contributed by atoms with Gasteiger partial charge in [-0.25, -0.2) is 0 Å². The van der Waals surface area contributed by atoms with Crippen molar-refractivity contribution >= 4 is 17.2 Å². The minimum atomic E-state index is -0.0142. The predicted octanol–water partition coefficient (Wildman–Crippen LogP) is 5.37. The van der Waals surface area contributed by atoms with Gasteiger partial charge in [-0.1, -0.05) is 6.08 Å². The number of amides is 1. The van der Waals surface area contributed by atoms with Gasteiger partial charge in [-0.15, -0.1) is 6.58 Å². The number of carbonyl (C=O) groups excluding carboxylic acids is 1. The lowest BCUT2D eigenvalue weighted by Gasteiger charge is -2.37. The van der Waals surface area contributed by atoms with E-state index >= 15 is 0 Å². The number of hydrogen-bond donors (Lipinski definition) is 1. The van der Waals surface area contributed by atoms with Gasteiger partial charge in [0.15, 0.2) is 0 Å².